The van der Waals surface area contributed by atoms with E-state index in [1.54, 1.807) is 0 Å². The van der Waals surface area contributed by atoms with Gasteiger partial charge in [-0.1, -0.05) is 11.6 Å². The summed E-state index contributed by atoms with van der Waals surface area (Å²) in [6.07, 6.45) is 2.34. The van der Waals surface area contributed by atoms with Crippen LogP contribution in [-0.4, -0.2) is 34.0 Å². The first-order valence-electron chi connectivity index (χ1n) is 5.74. The lowest BCUT2D eigenvalue weighted by Gasteiger charge is -2.28. The highest BCUT2D eigenvalue weighted by atomic mass is 35.5. The molecule has 1 aliphatic rings. The first-order chi connectivity index (χ1) is 8.59. The Morgan fingerprint density at radius 1 is 1.61 bits per heavy atom. The maximum Gasteiger partial charge on any atom is 0.289 e. The SMILES string of the molecule is CC1CCSCCN1c1ncc([N+](=O)[O-])cc1Cl. The fourth-order valence-electron chi connectivity index (χ4n) is 1.94. The number of nitrogens with zero attached hydrogens (tertiary/aromatic N) is 3. The van der Waals surface area contributed by atoms with E-state index in [1.165, 1.54) is 12.3 Å². The molecule has 1 fully saturated rings. The number of thioether (sulfide) groups is 1. The van der Waals surface area contributed by atoms with Gasteiger partial charge in [-0.15, -0.1) is 0 Å². The van der Waals surface area contributed by atoms with E-state index in [4.69, 9.17) is 11.6 Å². The van der Waals surface area contributed by atoms with E-state index >= 15 is 0 Å². The molecule has 0 bridgehead atoms. The summed E-state index contributed by atoms with van der Waals surface area (Å²) >= 11 is 8.02. The summed E-state index contributed by atoms with van der Waals surface area (Å²) in [6.45, 7) is 3.00. The van der Waals surface area contributed by atoms with Crippen LogP contribution < -0.4 is 4.90 Å². The molecule has 1 aromatic heterocycles. The van der Waals surface area contributed by atoms with Crippen molar-refractivity contribution in [2.45, 2.75) is 19.4 Å². The minimum Gasteiger partial charge on any atom is -0.352 e. The Morgan fingerprint density at radius 3 is 3.06 bits per heavy atom. The molecule has 1 saturated heterocycles. The predicted octanol–water partition coefficient (Wildman–Crippen LogP) is 2.98. The Hall–Kier alpha value is -1.01. The molecule has 0 aromatic carbocycles. The molecule has 0 spiro atoms. The predicted molar refractivity (Wildman–Crippen MR) is 74.7 cm³/mol. The lowest BCUT2D eigenvalue weighted by molar-refractivity contribution is -0.385. The molecule has 1 atom stereocenters. The van der Waals surface area contributed by atoms with Crippen LogP contribution in [0.4, 0.5) is 11.5 Å². The topological polar surface area (TPSA) is 59.3 Å². The summed E-state index contributed by atoms with van der Waals surface area (Å²) in [4.78, 5) is 16.5. The maximum absolute atomic E-state index is 10.7. The number of hydrogen-bond donors (Lipinski definition) is 0. The Bertz CT molecular complexity index is 458. The van der Waals surface area contributed by atoms with E-state index in [-0.39, 0.29) is 5.69 Å². The molecular formula is C11H14ClN3O2S. The number of nitro groups is 1. The Balaban J connectivity index is 2.29. The van der Waals surface area contributed by atoms with E-state index in [0.29, 0.717) is 16.9 Å². The van der Waals surface area contributed by atoms with Crippen LogP contribution >= 0.6 is 23.4 Å². The van der Waals surface area contributed by atoms with Gasteiger partial charge in [0.15, 0.2) is 0 Å². The summed E-state index contributed by atoms with van der Waals surface area (Å²) < 4.78 is 0. The number of hydrogen-bond acceptors (Lipinski definition) is 5. The van der Waals surface area contributed by atoms with Crippen LogP contribution in [0.15, 0.2) is 12.3 Å². The van der Waals surface area contributed by atoms with Crippen molar-refractivity contribution in [1.29, 1.82) is 0 Å². The molecule has 1 aliphatic heterocycles. The summed E-state index contributed by atoms with van der Waals surface area (Å²) in [6, 6.07) is 1.72. The number of aromatic nitrogens is 1. The zero-order chi connectivity index (χ0) is 13.1. The number of pyridine rings is 1. The third kappa shape index (κ3) is 2.87. The van der Waals surface area contributed by atoms with Crippen LogP contribution in [0, 0.1) is 10.1 Å². The molecule has 2 heterocycles. The van der Waals surface area contributed by atoms with Crippen molar-refractivity contribution in [1.82, 2.24) is 4.98 Å². The molecule has 0 amide bonds. The quantitative estimate of drug-likeness (QED) is 0.618. The van der Waals surface area contributed by atoms with Gasteiger partial charge in [0.1, 0.15) is 12.0 Å². The Morgan fingerprint density at radius 2 is 2.39 bits per heavy atom. The highest BCUT2D eigenvalue weighted by Gasteiger charge is 2.22. The lowest BCUT2D eigenvalue weighted by atomic mass is 10.2. The minimum atomic E-state index is -0.482. The number of rotatable bonds is 2. The highest BCUT2D eigenvalue weighted by Crippen LogP contribution is 2.30. The van der Waals surface area contributed by atoms with Crippen LogP contribution in [0.1, 0.15) is 13.3 Å². The maximum atomic E-state index is 10.7. The second-order valence-corrected chi connectivity index (χ2v) is 5.83. The van der Waals surface area contributed by atoms with Gasteiger partial charge in [-0.2, -0.15) is 11.8 Å². The zero-order valence-corrected chi connectivity index (χ0v) is 11.6. The summed E-state index contributed by atoms with van der Waals surface area (Å²) in [5, 5.41) is 11.0. The second kappa shape index (κ2) is 5.75. The fourth-order valence-corrected chi connectivity index (χ4v) is 3.25. The van der Waals surface area contributed by atoms with Crippen molar-refractivity contribution in [2.75, 3.05) is 23.0 Å². The molecule has 2 rings (SSSR count). The third-order valence-corrected chi connectivity index (χ3v) is 4.25. The van der Waals surface area contributed by atoms with Crippen LogP contribution in [0.5, 0.6) is 0 Å². The molecule has 98 valence electrons. The van der Waals surface area contributed by atoms with Gasteiger partial charge in [-0.05, 0) is 19.1 Å². The molecule has 1 aromatic rings. The first-order valence-corrected chi connectivity index (χ1v) is 7.27. The lowest BCUT2D eigenvalue weighted by Crippen LogP contribution is -2.34. The average molecular weight is 288 g/mol. The Labute approximate surface area is 115 Å². The molecular weight excluding hydrogens is 274 g/mol. The van der Waals surface area contributed by atoms with Crippen molar-refractivity contribution in [3.05, 3.63) is 27.4 Å². The van der Waals surface area contributed by atoms with Gasteiger partial charge >= 0.3 is 0 Å². The molecule has 0 N–H and O–H groups in total. The van der Waals surface area contributed by atoms with Crippen molar-refractivity contribution >= 4 is 34.9 Å². The minimum absolute atomic E-state index is 0.0689. The van der Waals surface area contributed by atoms with Gasteiger partial charge in [0.05, 0.1) is 9.95 Å². The van der Waals surface area contributed by atoms with Gasteiger partial charge in [0.25, 0.3) is 5.69 Å². The highest BCUT2D eigenvalue weighted by molar-refractivity contribution is 7.99. The van der Waals surface area contributed by atoms with Gasteiger partial charge in [0, 0.05) is 24.4 Å². The van der Waals surface area contributed by atoms with E-state index < -0.39 is 4.92 Å². The fraction of sp³-hybridized carbons (Fsp3) is 0.545. The molecule has 18 heavy (non-hydrogen) atoms. The smallest absolute Gasteiger partial charge is 0.289 e. The molecule has 0 radical (unpaired) electrons. The molecule has 1 unspecified atom stereocenters. The summed E-state index contributed by atoms with van der Waals surface area (Å²) in [5.41, 5.74) is -0.0689. The molecule has 7 heteroatoms. The van der Waals surface area contributed by atoms with E-state index in [2.05, 4.69) is 16.8 Å². The van der Waals surface area contributed by atoms with Crippen molar-refractivity contribution in [3.8, 4) is 0 Å². The normalized spacial score (nSPS) is 20.6. The molecule has 0 saturated carbocycles. The van der Waals surface area contributed by atoms with Crippen LogP contribution in [0.2, 0.25) is 5.02 Å². The van der Waals surface area contributed by atoms with E-state index in [9.17, 15) is 10.1 Å². The Kier molecular flexibility index (Phi) is 4.29. The average Bonchev–Trinajstić information content (AvgIpc) is 2.54. The van der Waals surface area contributed by atoms with Crippen molar-refractivity contribution < 1.29 is 4.92 Å². The van der Waals surface area contributed by atoms with E-state index in [0.717, 1.165) is 24.5 Å². The van der Waals surface area contributed by atoms with E-state index in [1.807, 2.05) is 11.8 Å². The zero-order valence-electron chi connectivity index (χ0n) is 10.0. The monoisotopic (exact) mass is 287 g/mol. The standard InChI is InChI=1S/C11H14ClN3O2S/c1-8-2-4-18-5-3-14(8)11-10(12)6-9(7-13-11)15(16)17/h6-8H,2-5H2,1H3. The van der Waals surface area contributed by atoms with Gasteiger partial charge in [0.2, 0.25) is 0 Å². The third-order valence-electron chi connectivity index (χ3n) is 2.98. The second-order valence-electron chi connectivity index (χ2n) is 4.20. The van der Waals surface area contributed by atoms with Gasteiger partial charge in [-0.25, -0.2) is 4.98 Å². The largest absolute Gasteiger partial charge is 0.352 e. The van der Waals surface area contributed by atoms with Crippen LogP contribution in [0.3, 0.4) is 0 Å². The summed E-state index contributed by atoms with van der Waals surface area (Å²) in [5.74, 6) is 2.80. The van der Waals surface area contributed by atoms with Gasteiger partial charge < -0.3 is 4.90 Å². The van der Waals surface area contributed by atoms with Crippen molar-refractivity contribution in [3.63, 3.8) is 0 Å². The number of halogens is 1. The first kappa shape index (κ1) is 13.4. The molecule has 5 nitrogen and oxygen atoms in total. The van der Waals surface area contributed by atoms with Crippen molar-refractivity contribution in [2.24, 2.45) is 0 Å². The summed E-state index contributed by atoms with van der Waals surface area (Å²) in [7, 11) is 0. The van der Waals surface area contributed by atoms with Crippen LogP contribution in [-0.2, 0) is 0 Å². The van der Waals surface area contributed by atoms with Gasteiger partial charge in [-0.3, -0.25) is 10.1 Å². The molecule has 0 aliphatic carbocycles. The van der Waals surface area contributed by atoms with Crippen LogP contribution in [0.25, 0.3) is 0 Å². The number of anilines is 1.